The Bertz CT molecular complexity index is 510. The van der Waals surface area contributed by atoms with Gasteiger partial charge >= 0.3 is 5.97 Å². The number of amides is 1. The van der Waals surface area contributed by atoms with E-state index in [1.165, 1.54) is 25.3 Å². The molecular weight excluding hydrogens is 220 g/mol. The van der Waals surface area contributed by atoms with Crippen molar-refractivity contribution in [3.8, 4) is 6.07 Å². The van der Waals surface area contributed by atoms with Gasteiger partial charge in [0.15, 0.2) is 0 Å². The molecule has 0 saturated heterocycles. The normalized spacial score (nSPS) is 10.5. The number of ether oxygens (including phenoxy) is 1. The predicted octanol–water partition coefficient (Wildman–Crippen LogP) is 0.865. The molecule has 5 nitrogen and oxygen atoms in total. The largest absolute Gasteiger partial charge is 0.465 e. The fraction of sp³-hybridized carbons (Fsp3) is 0.0833. The summed E-state index contributed by atoms with van der Waals surface area (Å²) < 4.78 is 4.54. The molecule has 0 aromatic heterocycles. The lowest BCUT2D eigenvalue weighted by Gasteiger charge is -1.99. The number of esters is 1. The van der Waals surface area contributed by atoms with Crippen molar-refractivity contribution in [2.24, 2.45) is 5.73 Å². The van der Waals surface area contributed by atoms with Crippen molar-refractivity contribution in [1.82, 2.24) is 0 Å². The van der Waals surface area contributed by atoms with E-state index >= 15 is 0 Å². The van der Waals surface area contributed by atoms with Gasteiger partial charge in [0.05, 0.1) is 12.7 Å². The van der Waals surface area contributed by atoms with Crippen LogP contribution in [-0.4, -0.2) is 19.0 Å². The molecule has 5 heteroatoms. The summed E-state index contributed by atoms with van der Waals surface area (Å²) in [5.41, 5.74) is 5.84. The number of rotatable bonds is 3. The number of nitriles is 1. The summed E-state index contributed by atoms with van der Waals surface area (Å²) in [7, 11) is 1.29. The van der Waals surface area contributed by atoms with Crippen molar-refractivity contribution >= 4 is 18.0 Å². The first kappa shape index (κ1) is 12.5. The van der Waals surface area contributed by atoms with Crippen LogP contribution in [0.2, 0.25) is 0 Å². The molecule has 0 aliphatic heterocycles. The zero-order valence-electron chi connectivity index (χ0n) is 9.14. The predicted molar refractivity (Wildman–Crippen MR) is 60.6 cm³/mol. The second-order valence-corrected chi connectivity index (χ2v) is 3.15. The Hall–Kier alpha value is -2.61. The molecule has 0 saturated carbocycles. The number of carbonyl (C=O) groups is 2. The maximum Gasteiger partial charge on any atom is 0.337 e. The lowest BCUT2D eigenvalue weighted by atomic mass is 10.1. The Morgan fingerprint density at radius 1 is 1.35 bits per heavy atom. The summed E-state index contributed by atoms with van der Waals surface area (Å²) in [6, 6.07) is 7.94. The minimum Gasteiger partial charge on any atom is -0.465 e. The molecule has 1 aromatic carbocycles. The molecule has 0 aliphatic rings. The van der Waals surface area contributed by atoms with E-state index in [0.29, 0.717) is 11.1 Å². The van der Waals surface area contributed by atoms with E-state index in [9.17, 15) is 9.59 Å². The molecule has 0 radical (unpaired) electrons. The van der Waals surface area contributed by atoms with E-state index in [1.54, 1.807) is 18.2 Å². The molecule has 0 fully saturated rings. The summed E-state index contributed by atoms with van der Waals surface area (Å²) in [6.07, 6.45) is 1.35. The van der Waals surface area contributed by atoms with Gasteiger partial charge in [-0.15, -0.1) is 0 Å². The van der Waals surface area contributed by atoms with Crippen molar-refractivity contribution < 1.29 is 14.3 Å². The lowest BCUT2D eigenvalue weighted by molar-refractivity contribution is -0.114. The fourth-order valence-electron chi connectivity index (χ4n) is 1.16. The molecule has 0 heterocycles. The van der Waals surface area contributed by atoms with Crippen LogP contribution in [0, 0.1) is 11.3 Å². The maximum absolute atomic E-state index is 11.1. The van der Waals surface area contributed by atoms with Crippen LogP contribution in [0.15, 0.2) is 29.8 Å². The van der Waals surface area contributed by atoms with Crippen LogP contribution >= 0.6 is 0 Å². The number of hydrogen-bond donors (Lipinski definition) is 1. The number of nitrogens with zero attached hydrogens (tertiary/aromatic N) is 1. The van der Waals surface area contributed by atoms with E-state index in [0.717, 1.165) is 0 Å². The van der Waals surface area contributed by atoms with Crippen molar-refractivity contribution in [1.29, 1.82) is 5.26 Å². The van der Waals surface area contributed by atoms with Crippen LogP contribution in [0.1, 0.15) is 15.9 Å². The highest BCUT2D eigenvalue weighted by atomic mass is 16.5. The van der Waals surface area contributed by atoms with Crippen LogP contribution in [-0.2, 0) is 9.53 Å². The molecule has 0 unspecified atom stereocenters. The Kier molecular flexibility index (Phi) is 4.01. The SMILES string of the molecule is COC(=O)c1ccc(/C=C(\C#N)C(N)=O)cc1. The lowest BCUT2D eigenvalue weighted by Crippen LogP contribution is -2.12. The summed E-state index contributed by atoms with van der Waals surface area (Å²) in [4.78, 5) is 22.0. The van der Waals surface area contributed by atoms with Crippen molar-refractivity contribution in [2.45, 2.75) is 0 Å². The highest BCUT2D eigenvalue weighted by Gasteiger charge is 2.05. The third-order valence-corrected chi connectivity index (χ3v) is 2.03. The monoisotopic (exact) mass is 230 g/mol. The topological polar surface area (TPSA) is 93.2 Å². The van der Waals surface area contributed by atoms with Gasteiger partial charge in [0, 0.05) is 0 Å². The van der Waals surface area contributed by atoms with E-state index in [2.05, 4.69) is 4.74 Å². The maximum atomic E-state index is 11.1. The third kappa shape index (κ3) is 3.18. The summed E-state index contributed by atoms with van der Waals surface area (Å²) >= 11 is 0. The van der Waals surface area contributed by atoms with Crippen molar-refractivity contribution in [3.05, 3.63) is 41.0 Å². The molecule has 1 amide bonds. The Morgan fingerprint density at radius 3 is 2.35 bits per heavy atom. The first-order valence-corrected chi connectivity index (χ1v) is 4.68. The standard InChI is InChI=1S/C12H10N2O3/c1-17-12(16)9-4-2-8(3-5-9)6-10(7-13)11(14)15/h2-6H,1H3,(H2,14,15)/b10-6+. The zero-order chi connectivity index (χ0) is 12.8. The second kappa shape index (κ2) is 5.47. The number of carbonyl (C=O) groups excluding carboxylic acids is 2. The molecule has 1 rings (SSSR count). The van der Waals surface area contributed by atoms with Crippen molar-refractivity contribution in [3.63, 3.8) is 0 Å². The average Bonchev–Trinajstić information content (AvgIpc) is 2.35. The van der Waals surface area contributed by atoms with E-state index in [-0.39, 0.29) is 5.57 Å². The fourth-order valence-corrected chi connectivity index (χ4v) is 1.16. The van der Waals surface area contributed by atoms with Gasteiger partial charge in [0.2, 0.25) is 0 Å². The van der Waals surface area contributed by atoms with Gasteiger partial charge in [0.25, 0.3) is 5.91 Å². The highest BCUT2D eigenvalue weighted by molar-refractivity contribution is 6.00. The Morgan fingerprint density at radius 2 is 1.94 bits per heavy atom. The molecule has 17 heavy (non-hydrogen) atoms. The minimum atomic E-state index is -0.787. The Balaban J connectivity index is 3.00. The number of benzene rings is 1. The first-order valence-electron chi connectivity index (χ1n) is 4.68. The van der Waals surface area contributed by atoms with Gasteiger partial charge in [-0.1, -0.05) is 12.1 Å². The minimum absolute atomic E-state index is 0.143. The molecule has 0 bridgehead atoms. The molecule has 0 atom stereocenters. The van der Waals surface area contributed by atoms with Gasteiger partial charge in [-0.25, -0.2) is 4.79 Å². The molecule has 0 spiro atoms. The van der Waals surface area contributed by atoms with E-state index < -0.39 is 11.9 Å². The van der Waals surface area contributed by atoms with E-state index in [1.807, 2.05) is 0 Å². The second-order valence-electron chi connectivity index (χ2n) is 3.15. The first-order chi connectivity index (χ1) is 8.08. The summed E-state index contributed by atoms with van der Waals surface area (Å²) in [6.45, 7) is 0. The van der Waals surface area contributed by atoms with Gasteiger partial charge < -0.3 is 10.5 Å². The summed E-state index contributed by atoms with van der Waals surface area (Å²) in [5.74, 6) is -1.24. The van der Waals surface area contributed by atoms with Gasteiger partial charge in [-0.3, -0.25) is 4.79 Å². The molecule has 0 aliphatic carbocycles. The van der Waals surface area contributed by atoms with Crippen LogP contribution in [0.5, 0.6) is 0 Å². The molecular formula is C12H10N2O3. The van der Waals surface area contributed by atoms with E-state index in [4.69, 9.17) is 11.0 Å². The number of hydrogen-bond acceptors (Lipinski definition) is 4. The third-order valence-electron chi connectivity index (χ3n) is 2.03. The van der Waals surface area contributed by atoms with Gasteiger partial charge in [-0.2, -0.15) is 5.26 Å². The smallest absolute Gasteiger partial charge is 0.337 e. The molecule has 86 valence electrons. The van der Waals surface area contributed by atoms with Gasteiger partial charge in [0.1, 0.15) is 11.6 Å². The zero-order valence-corrected chi connectivity index (χ0v) is 9.14. The van der Waals surface area contributed by atoms with Crippen LogP contribution in [0.25, 0.3) is 6.08 Å². The number of primary amides is 1. The highest BCUT2D eigenvalue weighted by Crippen LogP contribution is 2.09. The van der Waals surface area contributed by atoms with Crippen LogP contribution in [0.4, 0.5) is 0 Å². The van der Waals surface area contributed by atoms with Crippen LogP contribution < -0.4 is 5.73 Å². The number of methoxy groups -OCH3 is 1. The van der Waals surface area contributed by atoms with Crippen molar-refractivity contribution in [2.75, 3.05) is 7.11 Å². The molecule has 2 N–H and O–H groups in total. The Labute approximate surface area is 98.1 Å². The quantitative estimate of drug-likeness (QED) is 0.473. The van der Waals surface area contributed by atoms with Crippen LogP contribution in [0.3, 0.4) is 0 Å². The molecule has 1 aromatic rings. The average molecular weight is 230 g/mol. The van der Waals surface area contributed by atoms with Gasteiger partial charge in [-0.05, 0) is 23.8 Å². The number of nitrogens with two attached hydrogens (primary N) is 1. The summed E-state index contributed by atoms with van der Waals surface area (Å²) in [5, 5.41) is 8.65.